The second kappa shape index (κ2) is 21.1. The van der Waals surface area contributed by atoms with Gasteiger partial charge in [0, 0.05) is 45.6 Å². The van der Waals surface area contributed by atoms with Crippen molar-refractivity contribution in [3.63, 3.8) is 0 Å². The fourth-order valence-electron chi connectivity index (χ4n) is 8.39. The number of ketones is 1. The van der Waals surface area contributed by atoms with Gasteiger partial charge in [0.1, 0.15) is 48.5 Å². The molecule has 4 rings (SSSR count). The highest BCUT2D eigenvalue weighted by Gasteiger charge is 2.53. The van der Waals surface area contributed by atoms with E-state index in [-0.39, 0.29) is 43.7 Å². The Kier molecular flexibility index (Phi) is 17.4. The first-order valence-corrected chi connectivity index (χ1v) is 20.4. The van der Waals surface area contributed by atoms with Crippen molar-refractivity contribution in [3.8, 4) is 0 Å². The number of carbonyl (C=O) groups excluding carboxylic acids is 5. The minimum atomic E-state index is -1.50. The fraction of sp³-hybridized carbons (Fsp3) is 0.829. The first-order valence-electron chi connectivity index (χ1n) is 20.4. The van der Waals surface area contributed by atoms with Crippen LogP contribution in [0.5, 0.6) is 0 Å². The molecule has 58 heavy (non-hydrogen) atoms. The molecule has 0 aromatic carbocycles. The molecule has 0 aromatic heterocycles. The van der Waals surface area contributed by atoms with E-state index in [2.05, 4.69) is 0 Å². The molecule has 2 N–H and O–H groups in total. The van der Waals surface area contributed by atoms with Gasteiger partial charge in [-0.3, -0.25) is 19.2 Å². The number of aldehydes is 1. The number of epoxide rings is 1. The molecule has 0 aromatic rings. The Morgan fingerprint density at radius 3 is 2.31 bits per heavy atom. The predicted molar refractivity (Wildman–Crippen MR) is 204 cm³/mol. The molecule has 17 atom stereocenters. The molecule has 0 bridgehead atoms. The maximum atomic E-state index is 13.4. The molecule has 4 aliphatic heterocycles. The number of likely N-dealkylation sites (N-methyl/N-ethyl adjacent to an activating group) is 1. The number of aliphatic hydroxyl groups is 2. The van der Waals surface area contributed by atoms with Crippen molar-refractivity contribution in [1.29, 1.82) is 0 Å². The van der Waals surface area contributed by atoms with E-state index >= 15 is 0 Å². The molecule has 330 valence electrons. The lowest BCUT2D eigenvalue weighted by Gasteiger charge is -2.50. The largest absolute Gasteiger partial charge is 0.462 e. The number of fused-ring (bicyclic) bond motifs is 1. The summed E-state index contributed by atoms with van der Waals surface area (Å²) in [5.41, 5.74) is -1.50. The van der Waals surface area contributed by atoms with Crippen LogP contribution in [0.1, 0.15) is 93.4 Å². The maximum Gasteiger partial charge on any atom is 0.309 e. The number of ether oxygens (including phenoxy) is 9. The quantitative estimate of drug-likeness (QED) is 0.125. The van der Waals surface area contributed by atoms with Crippen LogP contribution in [-0.2, 0) is 66.6 Å². The Bertz CT molecular complexity index is 1440. The van der Waals surface area contributed by atoms with E-state index in [0.29, 0.717) is 19.1 Å². The smallest absolute Gasteiger partial charge is 0.309 e. The zero-order valence-corrected chi connectivity index (χ0v) is 35.5. The molecule has 17 heteroatoms. The van der Waals surface area contributed by atoms with Gasteiger partial charge in [-0.2, -0.15) is 0 Å². The van der Waals surface area contributed by atoms with E-state index in [4.69, 9.17) is 42.6 Å². The predicted octanol–water partition coefficient (Wildman–Crippen LogP) is 2.19. The number of methoxy groups -OCH3 is 1. The van der Waals surface area contributed by atoms with Crippen molar-refractivity contribution in [2.24, 2.45) is 11.8 Å². The summed E-state index contributed by atoms with van der Waals surface area (Å²) >= 11 is 0. The Morgan fingerprint density at radius 1 is 1.00 bits per heavy atom. The lowest BCUT2D eigenvalue weighted by atomic mass is 9.83. The van der Waals surface area contributed by atoms with Gasteiger partial charge in [0.15, 0.2) is 24.5 Å². The zero-order valence-electron chi connectivity index (χ0n) is 35.5. The van der Waals surface area contributed by atoms with Gasteiger partial charge in [-0.15, -0.1) is 0 Å². The minimum absolute atomic E-state index is 0.0507. The normalized spacial score (nSPS) is 41.6. The van der Waals surface area contributed by atoms with Gasteiger partial charge < -0.3 is 62.5 Å². The Balaban J connectivity index is 1.65. The zero-order chi connectivity index (χ0) is 43.1. The van der Waals surface area contributed by atoms with Crippen molar-refractivity contribution in [3.05, 3.63) is 12.2 Å². The van der Waals surface area contributed by atoms with Crippen LogP contribution in [0.15, 0.2) is 12.2 Å². The van der Waals surface area contributed by atoms with Crippen molar-refractivity contribution in [2.75, 3.05) is 21.2 Å². The van der Waals surface area contributed by atoms with E-state index in [1.54, 1.807) is 59.7 Å². The first-order chi connectivity index (χ1) is 27.3. The number of nitrogens with zero attached hydrogens (tertiary/aromatic N) is 1. The average molecular weight is 828 g/mol. The molecule has 0 spiro atoms. The number of rotatable bonds is 12. The number of allylic oxidation sites excluding steroid dienone is 1. The Hall–Kier alpha value is -2.87. The third-order valence-corrected chi connectivity index (χ3v) is 11.3. The number of aliphatic hydroxyl groups excluding tert-OH is 1. The summed E-state index contributed by atoms with van der Waals surface area (Å²) in [6, 6.07) is -0.797. The van der Waals surface area contributed by atoms with E-state index < -0.39 is 115 Å². The molecule has 4 heterocycles. The van der Waals surface area contributed by atoms with Gasteiger partial charge in [0.05, 0.1) is 36.9 Å². The van der Waals surface area contributed by atoms with Crippen LogP contribution in [0.4, 0.5) is 0 Å². The molecule has 0 aliphatic carbocycles. The van der Waals surface area contributed by atoms with Gasteiger partial charge in [-0.25, -0.2) is 0 Å². The molecule has 0 saturated carbocycles. The fourth-order valence-corrected chi connectivity index (χ4v) is 8.39. The van der Waals surface area contributed by atoms with E-state index in [0.717, 1.165) is 0 Å². The summed E-state index contributed by atoms with van der Waals surface area (Å²) in [5.74, 6) is -3.42. The van der Waals surface area contributed by atoms with Crippen LogP contribution >= 0.6 is 0 Å². The first kappa shape index (κ1) is 47.8. The molecule has 0 amide bonds. The standard InChI is InChI=1S/C41H65NO16/c1-11-12-31(46)56-39-24(5)52-33(20-41(39,7)49)57-36-23(4)53-40(35(48)34(36)42(8)9)58-37-26(15-16-43)17-21(2)27(45)13-14-28-29(55-28)18-22(3)51-32(47)19-30(38(37)50-10)54-25(6)44/h13-14,16,21-24,26,28-30,33-40,48-49H,11-12,15,17-20H2,1-10H3/t21-,22+,23-,24+,26-,28-,29+,30+,33-,34-,35-,36-,37+,38-,39+,40+,41+/m0/s1. The number of cyclic esters (lactones) is 1. The molecular weight excluding hydrogens is 762 g/mol. The summed E-state index contributed by atoms with van der Waals surface area (Å²) in [6.07, 6.45) is -7.34. The minimum Gasteiger partial charge on any atom is -0.462 e. The third kappa shape index (κ3) is 12.6. The number of carbonyl (C=O) groups is 5. The van der Waals surface area contributed by atoms with E-state index in [1.807, 2.05) is 6.92 Å². The van der Waals surface area contributed by atoms with Crippen LogP contribution in [0, 0.1) is 11.8 Å². The van der Waals surface area contributed by atoms with Gasteiger partial charge in [0.25, 0.3) is 0 Å². The highest BCUT2D eigenvalue weighted by Crippen LogP contribution is 2.38. The van der Waals surface area contributed by atoms with Gasteiger partial charge >= 0.3 is 17.9 Å². The maximum absolute atomic E-state index is 13.4. The van der Waals surface area contributed by atoms with Crippen molar-refractivity contribution in [1.82, 2.24) is 4.90 Å². The monoisotopic (exact) mass is 827 g/mol. The molecule has 17 nitrogen and oxygen atoms in total. The summed E-state index contributed by atoms with van der Waals surface area (Å²) in [5, 5.41) is 23.4. The second-order valence-corrected chi connectivity index (χ2v) is 16.6. The molecule has 3 fully saturated rings. The van der Waals surface area contributed by atoms with Gasteiger partial charge in [0.2, 0.25) is 0 Å². The average Bonchev–Trinajstić information content (AvgIpc) is 3.86. The molecule has 0 unspecified atom stereocenters. The lowest BCUT2D eigenvalue weighted by molar-refractivity contribution is -0.344. The highest BCUT2D eigenvalue weighted by molar-refractivity contribution is 5.91. The molecule has 3 saturated heterocycles. The van der Waals surface area contributed by atoms with Crippen LogP contribution in [0.25, 0.3) is 0 Å². The van der Waals surface area contributed by atoms with Crippen LogP contribution in [0.2, 0.25) is 0 Å². The SMILES string of the molecule is CCCC(=O)O[C@@H]1[C@@H](C)O[C@@H](O[C@@H]2[C@@H](N(C)C)[C@H](O)[C@@H](O[C@@H]3[C@@H](CC=O)C[C@H](C)C(=O)C=C[C@@H]4O[C@@H]4C[C@@H](C)OC(=O)C[C@@H](OC(C)=O)[C@@H]3OC)O[C@H]2C)C[C@@]1(C)O. The van der Waals surface area contributed by atoms with E-state index in [9.17, 15) is 34.2 Å². The van der Waals surface area contributed by atoms with Crippen LogP contribution < -0.4 is 0 Å². The van der Waals surface area contributed by atoms with Crippen molar-refractivity contribution < 1.29 is 76.8 Å². The highest BCUT2D eigenvalue weighted by atomic mass is 16.7. The molecular formula is C41H65NO16. The summed E-state index contributed by atoms with van der Waals surface area (Å²) in [4.78, 5) is 65.5. The molecule has 4 aliphatic rings. The lowest BCUT2D eigenvalue weighted by Crippen LogP contribution is -2.66. The third-order valence-electron chi connectivity index (χ3n) is 11.3. The van der Waals surface area contributed by atoms with Crippen molar-refractivity contribution >= 4 is 30.0 Å². The number of hydrogen-bond donors (Lipinski definition) is 2. The van der Waals surface area contributed by atoms with Crippen LogP contribution in [-0.4, -0.2) is 158 Å². The number of hydrogen-bond acceptors (Lipinski definition) is 17. The summed E-state index contributed by atoms with van der Waals surface area (Å²) in [7, 11) is 4.81. The van der Waals surface area contributed by atoms with Crippen molar-refractivity contribution in [2.45, 2.75) is 185 Å². The van der Waals surface area contributed by atoms with Crippen LogP contribution in [0.3, 0.4) is 0 Å². The Labute approximate surface area is 341 Å². The van der Waals surface area contributed by atoms with Gasteiger partial charge in [-0.1, -0.05) is 13.8 Å². The number of esters is 3. The van der Waals surface area contributed by atoms with Gasteiger partial charge in [-0.05, 0) is 72.7 Å². The topological polar surface area (TPSA) is 215 Å². The van der Waals surface area contributed by atoms with E-state index in [1.165, 1.54) is 20.1 Å². The second-order valence-electron chi connectivity index (χ2n) is 16.6. The summed E-state index contributed by atoms with van der Waals surface area (Å²) in [6.45, 7) is 11.4. The summed E-state index contributed by atoms with van der Waals surface area (Å²) < 4.78 is 54.1. The molecule has 0 radical (unpaired) electrons. The Morgan fingerprint density at radius 2 is 1.71 bits per heavy atom.